The summed E-state index contributed by atoms with van der Waals surface area (Å²) in [4.78, 5) is 54.8. The maximum Gasteiger partial charge on any atom is 0.408 e. The van der Waals surface area contributed by atoms with E-state index in [1.165, 1.54) is 16.7 Å². The number of nitriles is 1. The molecule has 10 nitrogen and oxygen atoms in total. The van der Waals surface area contributed by atoms with Gasteiger partial charge in [-0.2, -0.15) is 5.26 Å². The van der Waals surface area contributed by atoms with E-state index in [1.807, 2.05) is 60.7 Å². The number of hydrogen-bond donors (Lipinski definition) is 2. The highest BCUT2D eigenvalue weighted by Crippen LogP contribution is 2.45. The molecule has 0 aliphatic carbocycles. The molecule has 2 N–H and O–H groups in total. The molecule has 3 amide bonds. The zero-order chi connectivity index (χ0) is 31.6. The third kappa shape index (κ3) is 6.21. The summed E-state index contributed by atoms with van der Waals surface area (Å²) in [6, 6.07) is 18.5. The first kappa shape index (κ1) is 30.9. The first-order valence-corrected chi connectivity index (χ1v) is 15.3. The molecule has 3 aliphatic rings. The molecule has 228 valence electrons. The van der Waals surface area contributed by atoms with E-state index in [4.69, 9.17) is 9.47 Å². The summed E-state index contributed by atoms with van der Waals surface area (Å²) < 4.78 is 11.6. The van der Waals surface area contributed by atoms with E-state index in [0.29, 0.717) is 29.7 Å². The molecule has 0 saturated carbocycles. The summed E-state index contributed by atoms with van der Waals surface area (Å²) in [5.74, 6) is -2.28. The average molecular weight is 615 g/mol. The van der Waals surface area contributed by atoms with Gasteiger partial charge in [-0.15, -0.1) is 11.8 Å². The van der Waals surface area contributed by atoms with Gasteiger partial charge < -0.3 is 25.0 Å². The van der Waals surface area contributed by atoms with E-state index in [0.717, 1.165) is 11.1 Å². The predicted molar refractivity (Wildman–Crippen MR) is 164 cm³/mol. The largest absolute Gasteiger partial charge is 0.451 e. The summed E-state index contributed by atoms with van der Waals surface area (Å²) in [5, 5.41) is 16.4. The van der Waals surface area contributed by atoms with Crippen molar-refractivity contribution in [3.8, 4) is 6.07 Å². The lowest BCUT2D eigenvalue weighted by Gasteiger charge is -2.52. The molecule has 0 aromatic heterocycles. The normalized spacial score (nSPS) is 23.0. The Balaban J connectivity index is 1.55. The van der Waals surface area contributed by atoms with Gasteiger partial charge in [0.25, 0.3) is 0 Å². The van der Waals surface area contributed by atoms with Crippen molar-refractivity contribution in [3.63, 3.8) is 0 Å². The minimum absolute atomic E-state index is 0.312. The summed E-state index contributed by atoms with van der Waals surface area (Å²) >= 11 is 1.23. The number of alkyl carbamates (subject to hydrolysis) is 1. The second-order valence-corrected chi connectivity index (χ2v) is 12.7. The van der Waals surface area contributed by atoms with Crippen molar-refractivity contribution in [2.24, 2.45) is 5.92 Å². The van der Waals surface area contributed by atoms with Crippen LogP contribution in [0.4, 0.5) is 4.79 Å². The number of esters is 1. The summed E-state index contributed by atoms with van der Waals surface area (Å²) in [6.45, 7) is 7.23. The van der Waals surface area contributed by atoms with Gasteiger partial charge in [-0.1, -0.05) is 60.7 Å². The minimum atomic E-state index is -1.26. The Labute approximate surface area is 260 Å². The average Bonchev–Trinajstić information content (AvgIpc) is 3.43. The number of amides is 3. The third-order valence-electron chi connectivity index (χ3n) is 7.52. The van der Waals surface area contributed by atoms with E-state index in [9.17, 15) is 24.4 Å². The molecule has 1 unspecified atom stereocenters. The summed E-state index contributed by atoms with van der Waals surface area (Å²) in [6.07, 6.45) is -1.16. The van der Waals surface area contributed by atoms with E-state index in [2.05, 4.69) is 16.7 Å². The molecule has 3 aliphatic heterocycles. The van der Waals surface area contributed by atoms with Crippen molar-refractivity contribution in [2.45, 2.75) is 63.3 Å². The zero-order valence-corrected chi connectivity index (χ0v) is 25.7. The molecule has 3 heterocycles. The second-order valence-electron chi connectivity index (χ2n) is 11.8. The Bertz CT molecular complexity index is 1520. The fraction of sp³-hybridized carbons (Fsp3) is 0.364. The highest BCUT2D eigenvalue weighted by atomic mass is 32.2. The van der Waals surface area contributed by atoms with Crippen LogP contribution in [0.2, 0.25) is 0 Å². The molecule has 0 bridgehead atoms. The molecular formula is C33H34N4O6S. The smallest absolute Gasteiger partial charge is 0.408 e. The Kier molecular flexibility index (Phi) is 8.83. The van der Waals surface area contributed by atoms with Gasteiger partial charge in [0.15, 0.2) is 12.1 Å². The third-order valence-corrected chi connectivity index (χ3v) is 8.69. The van der Waals surface area contributed by atoms with Crippen molar-refractivity contribution >= 4 is 35.6 Å². The number of β-lactam (4-membered cyclic amide) rings is 1. The van der Waals surface area contributed by atoms with E-state index >= 15 is 0 Å². The van der Waals surface area contributed by atoms with Gasteiger partial charge in [-0.25, -0.2) is 9.59 Å². The van der Waals surface area contributed by atoms with Gasteiger partial charge in [0, 0.05) is 12.1 Å². The molecule has 0 radical (unpaired) electrons. The molecule has 2 saturated heterocycles. The van der Waals surface area contributed by atoms with Crippen molar-refractivity contribution < 1.29 is 28.7 Å². The number of carbonyl (C=O) groups is 4. The van der Waals surface area contributed by atoms with E-state index in [-0.39, 0.29) is 5.91 Å². The van der Waals surface area contributed by atoms with Gasteiger partial charge in [0.1, 0.15) is 17.0 Å². The number of nitrogens with zero attached hydrogens (tertiary/aromatic N) is 2. The number of ether oxygens (including phenoxy) is 2. The second kappa shape index (κ2) is 12.6. The van der Waals surface area contributed by atoms with Gasteiger partial charge in [-0.3, -0.25) is 9.59 Å². The Morgan fingerprint density at radius 1 is 1.07 bits per heavy atom. The number of nitrogens with one attached hydrogen (secondary N) is 2. The fourth-order valence-electron chi connectivity index (χ4n) is 5.57. The lowest BCUT2D eigenvalue weighted by molar-refractivity contribution is -0.164. The van der Waals surface area contributed by atoms with Crippen LogP contribution in [0.25, 0.3) is 0 Å². The quantitative estimate of drug-likeness (QED) is 0.267. The van der Waals surface area contributed by atoms with Gasteiger partial charge in [-0.05, 0) is 61.8 Å². The summed E-state index contributed by atoms with van der Waals surface area (Å²) in [5.41, 5.74) is 1.87. The highest BCUT2D eigenvalue weighted by Gasteiger charge is 2.57. The number of thioether (sulfide) groups is 1. The predicted octanol–water partition coefficient (Wildman–Crippen LogP) is 4.36. The van der Waals surface area contributed by atoms with Crippen LogP contribution in [-0.2, 0) is 23.9 Å². The van der Waals surface area contributed by atoms with Crippen LogP contribution in [0.3, 0.4) is 0 Å². The number of hydrogen-bond acceptors (Lipinski definition) is 8. The SMILES string of the molecule is CC(C#N)/C(C1=CS[C@@H]2[C@H](NC(=O)OC(C)(C)C)C(=O)N2[C@@H]1C(=O)OC(c1ccccc1)c1ccccc1)=C1/CCNC1=O. The van der Waals surface area contributed by atoms with Crippen molar-refractivity contribution in [1.82, 2.24) is 15.5 Å². The fourth-order valence-corrected chi connectivity index (χ4v) is 6.81. The molecule has 2 aromatic carbocycles. The molecular weight excluding hydrogens is 580 g/mol. The van der Waals surface area contributed by atoms with E-state index in [1.54, 1.807) is 33.1 Å². The van der Waals surface area contributed by atoms with E-state index < -0.39 is 53.1 Å². The maximum absolute atomic E-state index is 14.3. The van der Waals surface area contributed by atoms with Crippen LogP contribution in [0.15, 0.2) is 82.8 Å². The first-order chi connectivity index (χ1) is 21.0. The zero-order valence-electron chi connectivity index (χ0n) is 24.9. The maximum atomic E-state index is 14.3. The lowest BCUT2D eigenvalue weighted by Crippen LogP contribution is -2.74. The lowest BCUT2D eigenvalue weighted by atomic mass is 9.84. The topological polar surface area (TPSA) is 138 Å². The molecule has 0 spiro atoms. The molecule has 11 heteroatoms. The standard InChI is InChI=1S/C33H34N4O6S/c1-19(17-34)24(22-15-16-35-28(22)38)23-18-44-30-25(36-32(41)43-33(2,3)4)29(39)37(30)26(23)31(40)42-27(20-11-7-5-8-12-20)21-13-9-6-10-14-21/h5-14,18-19,25-27,30H,15-16H2,1-4H3,(H,35,38)(H,36,41)/b24-22+/t19?,25-,26+,30-/m1/s1. The number of carbonyl (C=O) groups excluding carboxylic acids is 4. The summed E-state index contributed by atoms with van der Waals surface area (Å²) in [7, 11) is 0. The molecule has 4 atom stereocenters. The molecule has 5 rings (SSSR count). The Morgan fingerprint density at radius 3 is 2.20 bits per heavy atom. The molecule has 2 aromatic rings. The van der Waals surface area contributed by atoms with Crippen LogP contribution in [0, 0.1) is 17.2 Å². The van der Waals surface area contributed by atoms with Crippen molar-refractivity contribution in [1.29, 1.82) is 5.26 Å². The molecule has 2 fully saturated rings. The molecule has 44 heavy (non-hydrogen) atoms. The first-order valence-electron chi connectivity index (χ1n) is 14.4. The Morgan fingerprint density at radius 2 is 1.68 bits per heavy atom. The van der Waals surface area contributed by atoms with Crippen LogP contribution in [-0.4, -0.2) is 58.4 Å². The van der Waals surface area contributed by atoms with Gasteiger partial charge in [0.05, 0.1) is 12.0 Å². The van der Waals surface area contributed by atoms with Crippen LogP contribution in [0.1, 0.15) is 51.3 Å². The monoisotopic (exact) mass is 614 g/mol. The minimum Gasteiger partial charge on any atom is -0.451 e. The number of fused-ring (bicyclic) bond motifs is 1. The van der Waals surface area contributed by atoms with Crippen LogP contribution >= 0.6 is 11.8 Å². The van der Waals surface area contributed by atoms with Crippen LogP contribution in [0.5, 0.6) is 0 Å². The van der Waals surface area contributed by atoms with Crippen molar-refractivity contribution in [2.75, 3.05) is 6.54 Å². The van der Waals surface area contributed by atoms with Gasteiger partial charge in [0.2, 0.25) is 11.8 Å². The van der Waals surface area contributed by atoms with Crippen molar-refractivity contribution in [3.05, 3.63) is 93.9 Å². The Hall–Kier alpha value is -4.56. The van der Waals surface area contributed by atoms with Crippen LogP contribution < -0.4 is 10.6 Å². The number of rotatable bonds is 7. The number of benzene rings is 2. The highest BCUT2D eigenvalue weighted by molar-refractivity contribution is 8.03. The van der Waals surface area contributed by atoms with Gasteiger partial charge >= 0.3 is 12.1 Å².